The second-order valence-corrected chi connectivity index (χ2v) is 7.49. The highest BCUT2D eigenvalue weighted by Crippen LogP contribution is 2.22. The van der Waals surface area contributed by atoms with Gasteiger partial charge >= 0.3 is 5.97 Å². The Balaban J connectivity index is 1.82. The maximum absolute atomic E-state index is 11.8. The van der Waals surface area contributed by atoms with E-state index in [1.165, 1.54) is 7.11 Å². The van der Waals surface area contributed by atoms with Gasteiger partial charge in [-0.25, -0.2) is 4.68 Å². The van der Waals surface area contributed by atoms with Crippen molar-refractivity contribution < 1.29 is 9.53 Å². The number of hydrogen-bond acceptors (Lipinski definition) is 6. The maximum Gasteiger partial charge on any atom is 0.320 e. The third kappa shape index (κ3) is 3.96. The lowest BCUT2D eigenvalue weighted by Crippen LogP contribution is -2.42. The lowest BCUT2D eigenvalue weighted by atomic mass is 10.2. The summed E-state index contributed by atoms with van der Waals surface area (Å²) in [6, 6.07) is 10.1. The highest BCUT2D eigenvalue weighted by molar-refractivity contribution is 8.00. The second-order valence-electron chi connectivity index (χ2n) is 5.82. The van der Waals surface area contributed by atoms with Crippen molar-refractivity contribution in [2.24, 2.45) is 0 Å². The highest BCUT2D eigenvalue weighted by atomic mass is 32.2. The van der Waals surface area contributed by atoms with Gasteiger partial charge in [-0.05, 0) is 19.1 Å². The van der Waals surface area contributed by atoms with Crippen molar-refractivity contribution in [1.29, 1.82) is 0 Å². The minimum atomic E-state index is -0.164. The molecule has 3 rings (SSSR count). The van der Waals surface area contributed by atoms with E-state index in [2.05, 4.69) is 11.8 Å². The molecule has 1 atom stereocenters. The van der Waals surface area contributed by atoms with Crippen molar-refractivity contribution in [2.75, 3.05) is 26.0 Å². The van der Waals surface area contributed by atoms with Gasteiger partial charge in [-0.3, -0.25) is 9.69 Å². The van der Waals surface area contributed by atoms with Crippen molar-refractivity contribution in [2.45, 2.75) is 25.4 Å². The molecule has 1 aliphatic rings. The van der Waals surface area contributed by atoms with Crippen LogP contribution < -0.4 is 0 Å². The van der Waals surface area contributed by atoms with Crippen molar-refractivity contribution in [3.8, 4) is 11.4 Å². The Labute approximate surface area is 156 Å². The maximum atomic E-state index is 11.8. The number of rotatable bonds is 5. The largest absolute Gasteiger partial charge is 0.468 e. The Morgan fingerprint density at radius 2 is 2.16 bits per heavy atom. The first kappa shape index (κ1) is 18.2. The normalized spacial score (nSPS) is 18.2. The third-order valence-corrected chi connectivity index (χ3v) is 5.81. The van der Waals surface area contributed by atoms with Crippen LogP contribution in [0.2, 0.25) is 0 Å². The Morgan fingerprint density at radius 3 is 2.84 bits per heavy atom. The van der Waals surface area contributed by atoms with Crippen LogP contribution in [0.4, 0.5) is 0 Å². The third-order valence-electron chi connectivity index (χ3n) is 4.22. The second kappa shape index (κ2) is 8.16. The number of aromatic nitrogens is 3. The zero-order valence-corrected chi connectivity index (χ0v) is 16.1. The number of thioether (sulfide) groups is 1. The van der Waals surface area contributed by atoms with Crippen molar-refractivity contribution in [1.82, 2.24) is 19.2 Å². The first-order chi connectivity index (χ1) is 12.1. The topological polar surface area (TPSA) is 52.3 Å². The lowest BCUT2D eigenvalue weighted by Gasteiger charge is -2.30. The van der Waals surface area contributed by atoms with Gasteiger partial charge in [0.15, 0.2) is 10.6 Å². The van der Waals surface area contributed by atoms with Gasteiger partial charge in [0.2, 0.25) is 0 Å². The molecule has 0 radical (unpaired) electrons. The van der Waals surface area contributed by atoms with E-state index in [4.69, 9.17) is 22.1 Å². The van der Waals surface area contributed by atoms with Gasteiger partial charge in [0.1, 0.15) is 5.25 Å². The summed E-state index contributed by atoms with van der Waals surface area (Å²) in [6.45, 7) is 4.97. The van der Waals surface area contributed by atoms with E-state index in [9.17, 15) is 4.79 Å². The van der Waals surface area contributed by atoms with E-state index in [1.807, 2.05) is 39.6 Å². The molecule has 1 fully saturated rings. The Morgan fingerprint density at radius 1 is 1.40 bits per heavy atom. The summed E-state index contributed by atoms with van der Waals surface area (Å²) in [5.41, 5.74) is 1.05. The van der Waals surface area contributed by atoms with Gasteiger partial charge in [0.05, 0.1) is 13.8 Å². The van der Waals surface area contributed by atoms with Crippen LogP contribution >= 0.6 is 24.0 Å². The standard InChI is InChI=1S/C17H22N4O2S2/c1-3-20-15(13-7-5-4-6-8-13)18-21(17(20)24)12-19-9-10-25-14(11-19)16(22)23-2/h4-8,14H,3,9-12H2,1-2H3/t14-/m0/s1. The van der Waals surface area contributed by atoms with Crippen LogP contribution in [0, 0.1) is 4.77 Å². The van der Waals surface area contributed by atoms with Gasteiger partial charge in [-0.2, -0.15) is 5.10 Å². The predicted molar refractivity (Wildman–Crippen MR) is 102 cm³/mol. The molecule has 1 saturated heterocycles. The van der Waals surface area contributed by atoms with Gasteiger partial charge in [-0.15, -0.1) is 11.8 Å². The Kier molecular flexibility index (Phi) is 5.93. The van der Waals surface area contributed by atoms with Crippen molar-refractivity contribution >= 4 is 29.9 Å². The van der Waals surface area contributed by atoms with Crippen molar-refractivity contribution in [3.63, 3.8) is 0 Å². The molecule has 0 saturated carbocycles. The summed E-state index contributed by atoms with van der Waals surface area (Å²) in [7, 11) is 1.44. The predicted octanol–water partition coefficient (Wildman–Crippen LogP) is 2.65. The molecule has 6 nitrogen and oxygen atoms in total. The molecule has 0 N–H and O–H groups in total. The molecular formula is C17H22N4O2S2. The number of carbonyl (C=O) groups excluding carboxylic acids is 1. The highest BCUT2D eigenvalue weighted by Gasteiger charge is 2.27. The molecule has 1 aromatic heterocycles. The molecule has 0 aliphatic carbocycles. The number of esters is 1. The summed E-state index contributed by atoms with van der Waals surface area (Å²) in [4.78, 5) is 14.0. The quantitative estimate of drug-likeness (QED) is 0.589. The average molecular weight is 379 g/mol. The van der Waals surface area contributed by atoms with Gasteiger partial charge in [0.25, 0.3) is 0 Å². The minimum absolute atomic E-state index is 0.144. The van der Waals surface area contributed by atoms with E-state index in [0.29, 0.717) is 18.0 Å². The molecule has 0 spiro atoms. The number of nitrogens with zero attached hydrogens (tertiary/aromatic N) is 4. The number of carbonyl (C=O) groups is 1. The van der Waals surface area contributed by atoms with Crippen molar-refractivity contribution in [3.05, 3.63) is 35.1 Å². The van der Waals surface area contributed by atoms with E-state index in [0.717, 1.165) is 30.2 Å². The lowest BCUT2D eigenvalue weighted by molar-refractivity contribution is -0.140. The first-order valence-electron chi connectivity index (χ1n) is 8.29. The number of ether oxygens (including phenoxy) is 1. The van der Waals surface area contributed by atoms with E-state index >= 15 is 0 Å². The zero-order valence-electron chi connectivity index (χ0n) is 14.4. The van der Waals surface area contributed by atoms with Crippen LogP contribution in [0.25, 0.3) is 11.4 Å². The zero-order chi connectivity index (χ0) is 17.8. The summed E-state index contributed by atoms with van der Waals surface area (Å²) in [5, 5.41) is 4.60. The molecule has 1 aliphatic heterocycles. The summed E-state index contributed by atoms with van der Waals surface area (Å²) in [5.74, 6) is 1.61. The molecule has 2 aromatic rings. The SMILES string of the molecule is CCn1c(-c2ccccc2)nn(CN2CCS[C@H](C(=O)OC)C2)c1=S. The fourth-order valence-corrected chi connectivity index (χ4v) is 4.42. The molecule has 0 bridgehead atoms. The number of benzene rings is 1. The van der Waals surface area contributed by atoms with Crippen LogP contribution in [-0.2, 0) is 22.7 Å². The Hall–Kier alpha value is -1.64. The fourth-order valence-electron chi connectivity index (χ4n) is 2.91. The molecule has 8 heteroatoms. The minimum Gasteiger partial charge on any atom is -0.468 e. The van der Waals surface area contributed by atoms with E-state index in [1.54, 1.807) is 11.8 Å². The monoisotopic (exact) mass is 378 g/mol. The molecule has 0 amide bonds. The van der Waals surface area contributed by atoms with E-state index in [-0.39, 0.29) is 11.2 Å². The molecule has 2 heterocycles. The molecule has 134 valence electrons. The molecule has 1 aromatic carbocycles. The van der Waals surface area contributed by atoms with E-state index < -0.39 is 0 Å². The average Bonchev–Trinajstić information content (AvgIpc) is 2.97. The van der Waals surface area contributed by atoms with Crippen LogP contribution in [0.3, 0.4) is 0 Å². The van der Waals surface area contributed by atoms with Gasteiger partial charge in [-0.1, -0.05) is 30.3 Å². The summed E-state index contributed by atoms with van der Waals surface area (Å²) >= 11 is 7.27. The number of hydrogen-bond donors (Lipinski definition) is 0. The smallest absolute Gasteiger partial charge is 0.320 e. The molecule has 25 heavy (non-hydrogen) atoms. The number of methoxy groups -OCH3 is 1. The first-order valence-corrected chi connectivity index (χ1v) is 9.74. The van der Waals surface area contributed by atoms with Crippen LogP contribution in [0.5, 0.6) is 0 Å². The Bertz CT molecular complexity index is 788. The molecular weight excluding hydrogens is 356 g/mol. The van der Waals surface area contributed by atoms with Crippen LogP contribution in [-0.4, -0.2) is 56.4 Å². The summed E-state index contributed by atoms with van der Waals surface area (Å²) in [6.07, 6.45) is 0. The van der Waals surface area contributed by atoms with Gasteiger partial charge in [0, 0.05) is 31.0 Å². The fraction of sp³-hybridized carbons (Fsp3) is 0.471. The van der Waals surface area contributed by atoms with Crippen LogP contribution in [0.15, 0.2) is 30.3 Å². The van der Waals surface area contributed by atoms with Gasteiger partial charge < -0.3 is 9.30 Å². The molecule has 0 unspecified atom stereocenters. The summed E-state index contributed by atoms with van der Waals surface area (Å²) < 4.78 is 9.48. The van der Waals surface area contributed by atoms with Crippen LogP contribution in [0.1, 0.15) is 6.92 Å².